The number of hydrogen-bond donors (Lipinski definition) is 3. The van der Waals surface area contributed by atoms with Crippen LogP contribution in [0.5, 0.6) is 0 Å². The summed E-state index contributed by atoms with van der Waals surface area (Å²) in [6.07, 6.45) is 0. The van der Waals surface area contributed by atoms with E-state index in [0.717, 1.165) is 0 Å². The Labute approximate surface area is 118 Å². The summed E-state index contributed by atoms with van der Waals surface area (Å²) in [5.41, 5.74) is 1.19. The lowest BCUT2D eigenvalue weighted by atomic mass is 10.2. The largest absolute Gasteiger partial charge is 0.395 e. The fraction of sp³-hybridized carbons (Fsp3) is 0.429. The normalized spacial score (nSPS) is 9.95. The van der Waals surface area contributed by atoms with E-state index in [2.05, 4.69) is 10.6 Å². The zero-order valence-corrected chi connectivity index (χ0v) is 11.8. The van der Waals surface area contributed by atoms with Crippen LogP contribution in [0.25, 0.3) is 0 Å². The van der Waals surface area contributed by atoms with Gasteiger partial charge in [-0.15, -0.1) is 0 Å². The molecule has 0 fully saturated rings. The highest BCUT2D eigenvalue weighted by molar-refractivity contribution is 5.95. The van der Waals surface area contributed by atoms with Gasteiger partial charge in [0.15, 0.2) is 0 Å². The number of hydrogen-bond acceptors (Lipinski definition) is 3. The molecule has 20 heavy (non-hydrogen) atoms. The average molecular weight is 279 g/mol. The van der Waals surface area contributed by atoms with E-state index in [1.807, 2.05) is 13.8 Å². The molecular weight excluding hydrogens is 258 g/mol. The fourth-order valence-corrected chi connectivity index (χ4v) is 1.73. The molecule has 0 atom stereocenters. The molecule has 6 nitrogen and oxygen atoms in total. The monoisotopic (exact) mass is 279 g/mol. The second kappa shape index (κ2) is 8.16. The third kappa shape index (κ3) is 4.55. The molecule has 0 spiro atoms. The molecule has 0 heterocycles. The molecule has 0 aliphatic carbocycles. The van der Waals surface area contributed by atoms with Crippen molar-refractivity contribution in [3.63, 3.8) is 0 Å². The minimum atomic E-state index is -0.387. The van der Waals surface area contributed by atoms with E-state index in [4.69, 9.17) is 5.11 Å². The summed E-state index contributed by atoms with van der Waals surface area (Å²) >= 11 is 0. The molecule has 1 rings (SSSR count). The highest BCUT2D eigenvalue weighted by Gasteiger charge is 2.12. The van der Waals surface area contributed by atoms with E-state index in [0.29, 0.717) is 24.3 Å². The molecule has 110 valence electrons. The first kappa shape index (κ1) is 16.0. The molecule has 0 saturated heterocycles. The van der Waals surface area contributed by atoms with Crippen LogP contribution < -0.4 is 10.6 Å². The van der Waals surface area contributed by atoms with Gasteiger partial charge in [0.1, 0.15) is 0 Å². The van der Waals surface area contributed by atoms with Crippen LogP contribution in [0.1, 0.15) is 24.2 Å². The standard InChI is InChI=1S/C14H21N3O3/c1-3-17(4-2)13(19)11-5-7-12(8-6-11)16-14(20)15-9-10-18/h5-8,18H,3-4,9-10H2,1-2H3,(H2,15,16,20). The smallest absolute Gasteiger partial charge is 0.319 e. The Bertz CT molecular complexity index is 441. The van der Waals surface area contributed by atoms with E-state index >= 15 is 0 Å². The van der Waals surface area contributed by atoms with Crippen molar-refractivity contribution in [2.75, 3.05) is 31.6 Å². The van der Waals surface area contributed by atoms with E-state index in [9.17, 15) is 9.59 Å². The SMILES string of the molecule is CCN(CC)C(=O)c1ccc(NC(=O)NCCO)cc1. The van der Waals surface area contributed by atoms with Gasteiger partial charge < -0.3 is 20.6 Å². The number of benzene rings is 1. The summed E-state index contributed by atoms with van der Waals surface area (Å²) in [5, 5.41) is 13.7. The fourth-order valence-electron chi connectivity index (χ4n) is 1.73. The van der Waals surface area contributed by atoms with Gasteiger partial charge in [-0.25, -0.2) is 4.79 Å². The molecule has 1 aromatic rings. The van der Waals surface area contributed by atoms with Crippen molar-refractivity contribution in [2.24, 2.45) is 0 Å². The quantitative estimate of drug-likeness (QED) is 0.733. The predicted octanol–water partition coefficient (Wildman–Crippen LogP) is 1.28. The lowest BCUT2D eigenvalue weighted by Gasteiger charge is -2.18. The van der Waals surface area contributed by atoms with Crippen molar-refractivity contribution < 1.29 is 14.7 Å². The molecule has 1 aromatic carbocycles. The summed E-state index contributed by atoms with van der Waals surface area (Å²) in [7, 11) is 0. The van der Waals surface area contributed by atoms with Crippen LogP contribution >= 0.6 is 0 Å². The number of nitrogens with one attached hydrogen (secondary N) is 2. The van der Waals surface area contributed by atoms with Crippen molar-refractivity contribution >= 4 is 17.6 Å². The zero-order chi connectivity index (χ0) is 15.0. The lowest BCUT2D eigenvalue weighted by molar-refractivity contribution is 0.0773. The lowest BCUT2D eigenvalue weighted by Crippen LogP contribution is -2.31. The third-order valence-electron chi connectivity index (χ3n) is 2.84. The Morgan fingerprint density at radius 3 is 2.25 bits per heavy atom. The van der Waals surface area contributed by atoms with Crippen LogP contribution in [0.2, 0.25) is 0 Å². The number of anilines is 1. The van der Waals surface area contributed by atoms with Crippen LogP contribution in [0.3, 0.4) is 0 Å². The Morgan fingerprint density at radius 1 is 1.15 bits per heavy atom. The minimum Gasteiger partial charge on any atom is -0.395 e. The summed E-state index contributed by atoms with van der Waals surface area (Å²) in [6.45, 7) is 5.29. The Morgan fingerprint density at radius 2 is 1.75 bits per heavy atom. The minimum absolute atomic E-state index is 0.0220. The van der Waals surface area contributed by atoms with E-state index < -0.39 is 0 Å². The average Bonchev–Trinajstić information content (AvgIpc) is 2.47. The maximum atomic E-state index is 12.1. The Kier molecular flexibility index (Phi) is 6.52. The first-order chi connectivity index (χ1) is 9.62. The number of carbonyl (C=O) groups excluding carboxylic acids is 2. The second-order valence-corrected chi connectivity index (χ2v) is 4.16. The number of aliphatic hydroxyl groups excluding tert-OH is 1. The number of aliphatic hydroxyl groups is 1. The Balaban J connectivity index is 2.64. The van der Waals surface area contributed by atoms with Crippen LogP contribution in [0.15, 0.2) is 24.3 Å². The van der Waals surface area contributed by atoms with Gasteiger partial charge in [-0.1, -0.05) is 0 Å². The van der Waals surface area contributed by atoms with Gasteiger partial charge in [0.2, 0.25) is 0 Å². The summed E-state index contributed by atoms with van der Waals surface area (Å²) < 4.78 is 0. The van der Waals surface area contributed by atoms with E-state index in [-0.39, 0.29) is 25.1 Å². The molecular formula is C14H21N3O3. The van der Waals surface area contributed by atoms with Gasteiger partial charge in [0.05, 0.1) is 6.61 Å². The predicted molar refractivity (Wildman–Crippen MR) is 77.8 cm³/mol. The molecule has 0 saturated carbocycles. The van der Waals surface area contributed by atoms with E-state index in [1.54, 1.807) is 29.2 Å². The maximum absolute atomic E-state index is 12.1. The molecule has 3 amide bonds. The summed E-state index contributed by atoms with van der Waals surface area (Å²) in [5.74, 6) is -0.0220. The number of carbonyl (C=O) groups is 2. The van der Waals surface area contributed by atoms with Crippen molar-refractivity contribution in [3.8, 4) is 0 Å². The van der Waals surface area contributed by atoms with Crippen LogP contribution in [0, 0.1) is 0 Å². The molecule has 0 radical (unpaired) electrons. The zero-order valence-electron chi connectivity index (χ0n) is 11.8. The van der Waals surface area contributed by atoms with Crippen LogP contribution in [0.4, 0.5) is 10.5 Å². The van der Waals surface area contributed by atoms with Gasteiger partial charge in [0, 0.05) is 30.9 Å². The van der Waals surface area contributed by atoms with Gasteiger partial charge in [-0.3, -0.25) is 4.79 Å². The third-order valence-corrected chi connectivity index (χ3v) is 2.84. The Hall–Kier alpha value is -2.08. The second-order valence-electron chi connectivity index (χ2n) is 4.16. The van der Waals surface area contributed by atoms with Crippen LogP contribution in [-0.4, -0.2) is 48.2 Å². The number of urea groups is 1. The highest BCUT2D eigenvalue weighted by atomic mass is 16.3. The maximum Gasteiger partial charge on any atom is 0.319 e. The molecule has 0 bridgehead atoms. The van der Waals surface area contributed by atoms with Crippen LogP contribution in [-0.2, 0) is 0 Å². The molecule has 0 aromatic heterocycles. The number of nitrogens with zero attached hydrogens (tertiary/aromatic N) is 1. The molecule has 3 N–H and O–H groups in total. The molecule has 0 aliphatic heterocycles. The van der Waals surface area contributed by atoms with Crippen molar-refractivity contribution in [1.29, 1.82) is 0 Å². The highest BCUT2D eigenvalue weighted by Crippen LogP contribution is 2.11. The summed E-state index contributed by atoms with van der Waals surface area (Å²) in [4.78, 5) is 25.2. The first-order valence-electron chi connectivity index (χ1n) is 6.67. The van der Waals surface area contributed by atoms with Crippen molar-refractivity contribution in [3.05, 3.63) is 29.8 Å². The van der Waals surface area contributed by atoms with Gasteiger partial charge in [-0.2, -0.15) is 0 Å². The van der Waals surface area contributed by atoms with Gasteiger partial charge in [0.25, 0.3) is 5.91 Å². The van der Waals surface area contributed by atoms with Crippen molar-refractivity contribution in [2.45, 2.75) is 13.8 Å². The summed E-state index contributed by atoms with van der Waals surface area (Å²) in [6, 6.07) is 6.33. The molecule has 0 unspecified atom stereocenters. The molecule has 6 heteroatoms. The number of amides is 3. The molecule has 0 aliphatic rings. The topological polar surface area (TPSA) is 81.7 Å². The first-order valence-corrected chi connectivity index (χ1v) is 6.67. The van der Waals surface area contributed by atoms with Gasteiger partial charge >= 0.3 is 6.03 Å². The van der Waals surface area contributed by atoms with Gasteiger partial charge in [-0.05, 0) is 38.1 Å². The number of rotatable bonds is 6. The van der Waals surface area contributed by atoms with Crippen molar-refractivity contribution in [1.82, 2.24) is 10.2 Å². The van der Waals surface area contributed by atoms with E-state index in [1.165, 1.54) is 0 Å².